The molecule has 1 aliphatic heterocycles. The minimum Gasteiger partial charge on any atom is -0.391 e. The van der Waals surface area contributed by atoms with Gasteiger partial charge in [-0.1, -0.05) is 30.1 Å². The Hall–Kier alpha value is -0.770. The molecule has 1 saturated heterocycles. The molecule has 2 rings (SSSR count). The maximum absolute atomic E-state index is 12.2. The summed E-state index contributed by atoms with van der Waals surface area (Å²) in [6, 6.07) is 4.83. The summed E-state index contributed by atoms with van der Waals surface area (Å²) < 4.78 is 0. The lowest BCUT2D eigenvalue weighted by Gasteiger charge is -2.34. The molecule has 0 aliphatic carbocycles. The number of carbonyl (C=O) groups excluding carboxylic acids is 1. The average molecular weight is 288 g/mol. The van der Waals surface area contributed by atoms with Crippen LogP contribution in [-0.2, 0) is 0 Å². The lowest BCUT2D eigenvalue weighted by molar-refractivity contribution is 0.0248. The Morgan fingerprint density at radius 2 is 2.11 bits per heavy atom. The zero-order chi connectivity index (χ0) is 13.3. The molecule has 0 saturated carbocycles. The Kier molecular flexibility index (Phi) is 4.15. The van der Waals surface area contributed by atoms with E-state index in [2.05, 4.69) is 0 Å². The summed E-state index contributed by atoms with van der Waals surface area (Å²) >= 11 is 11.7. The predicted octanol–water partition coefficient (Wildman–Crippen LogP) is 2.84. The quantitative estimate of drug-likeness (QED) is 0.863. The molecule has 0 aromatic heterocycles. The van der Waals surface area contributed by atoms with Crippen LogP contribution in [0.4, 0.5) is 0 Å². The number of hydrogen-bond acceptors (Lipinski definition) is 2. The van der Waals surface area contributed by atoms with Crippen LogP contribution in [-0.4, -0.2) is 35.1 Å². The number of amides is 1. The van der Waals surface area contributed by atoms with Gasteiger partial charge >= 0.3 is 0 Å². The van der Waals surface area contributed by atoms with Crippen LogP contribution in [0.1, 0.15) is 23.7 Å². The second-order valence-electron chi connectivity index (χ2n) is 4.71. The second-order valence-corrected chi connectivity index (χ2v) is 5.53. The van der Waals surface area contributed by atoms with Gasteiger partial charge in [0.05, 0.1) is 16.1 Å². The number of aliphatic hydroxyl groups is 1. The smallest absolute Gasteiger partial charge is 0.253 e. The van der Waals surface area contributed by atoms with Crippen molar-refractivity contribution in [3.05, 3.63) is 33.8 Å². The summed E-state index contributed by atoms with van der Waals surface area (Å²) in [6.45, 7) is 3.03. The number of nitrogens with zero attached hydrogens (tertiary/aromatic N) is 1. The van der Waals surface area contributed by atoms with Gasteiger partial charge in [-0.25, -0.2) is 0 Å². The third-order valence-corrected chi connectivity index (χ3v) is 4.11. The largest absolute Gasteiger partial charge is 0.391 e. The van der Waals surface area contributed by atoms with Crippen LogP contribution >= 0.6 is 23.2 Å². The van der Waals surface area contributed by atoms with Gasteiger partial charge in [0, 0.05) is 18.7 Å². The number of rotatable bonds is 1. The number of hydrogen-bond donors (Lipinski definition) is 1. The molecule has 5 heteroatoms. The van der Waals surface area contributed by atoms with Crippen LogP contribution < -0.4 is 0 Å². The zero-order valence-electron chi connectivity index (χ0n) is 10.1. The topological polar surface area (TPSA) is 40.5 Å². The van der Waals surface area contributed by atoms with E-state index in [1.54, 1.807) is 23.1 Å². The Morgan fingerprint density at radius 3 is 2.72 bits per heavy atom. The van der Waals surface area contributed by atoms with Crippen molar-refractivity contribution < 1.29 is 9.90 Å². The summed E-state index contributed by atoms with van der Waals surface area (Å²) in [5.41, 5.74) is 0.506. The predicted molar refractivity (Wildman–Crippen MR) is 72.2 cm³/mol. The highest BCUT2D eigenvalue weighted by Gasteiger charge is 2.27. The number of likely N-dealkylation sites (tertiary alicyclic amines) is 1. The van der Waals surface area contributed by atoms with Gasteiger partial charge in [0.15, 0.2) is 0 Å². The fourth-order valence-electron chi connectivity index (χ4n) is 2.05. The van der Waals surface area contributed by atoms with E-state index < -0.39 is 6.10 Å². The highest BCUT2D eigenvalue weighted by molar-refractivity contribution is 6.42. The molecule has 98 valence electrons. The third kappa shape index (κ3) is 2.79. The first kappa shape index (κ1) is 13.7. The molecule has 2 atom stereocenters. The molecule has 1 aromatic carbocycles. The number of β-amino-alcohol motifs (C(OH)–C–C–N with tert-alkyl or cyclic N) is 1. The summed E-state index contributed by atoms with van der Waals surface area (Å²) in [5.74, 6) is 0.127. The fourth-order valence-corrected chi connectivity index (χ4v) is 2.34. The van der Waals surface area contributed by atoms with Crippen molar-refractivity contribution in [2.75, 3.05) is 13.1 Å². The van der Waals surface area contributed by atoms with E-state index in [-0.39, 0.29) is 11.8 Å². The second kappa shape index (κ2) is 5.47. The molecule has 0 radical (unpaired) electrons. The number of piperidine rings is 1. The Morgan fingerprint density at radius 1 is 1.39 bits per heavy atom. The van der Waals surface area contributed by atoms with Crippen LogP contribution in [0.15, 0.2) is 18.2 Å². The molecule has 3 nitrogen and oxygen atoms in total. The third-order valence-electron chi connectivity index (χ3n) is 3.37. The molecule has 1 aromatic rings. The standard InChI is InChI=1S/C13H15Cl2NO2/c1-8-4-5-16(7-12(8)17)13(18)9-2-3-10(14)11(15)6-9/h2-3,6,8,12,17H,4-5,7H2,1H3. The van der Waals surface area contributed by atoms with E-state index in [1.165, 1.54) is 0 Å². The van der Waals surface area contributed by atoms with Crippen LogP contribution in [0.3, 0.4) is 0 Å². The van der Waals surface area contributed by atoms with E-state index in [0.717, 1.165) is 6.42 Å². The van der Waals surface area contributed by atoms with Crippen molar-refractivity contribution in [3.63, 3.8) is 0 Å². The van der Waals surface area contributed by atoms with E-state index >= 15 is 0 Å². The summed E-state index contributed by atoms with van der Waals surface area (Å²) in [5, 5.41) is 10.6. The SMILES string of the molecule is CC1CCN(C(=O)c2ccc(Cl)c(Cl)c2)CC1O. The van der Waals surface area contributed by atoms with Crippen LogP contribution in [0, 0.1) is 5.92 Å². The van der Waals surface area contributed by atoms with Crippen molar-refractivity contribution in [2.24, 2.45) is 5.92 Å². The van der Waals surface area contributed by atoms with Gasteiger partial charge in [-0.15, -0.1) is 0 Å². The molecule has 0 bridgehead atoms. The summed E-state index contributed by atoms with van der Waals surface area (Å²) in [7, 11) is 0. The molecular weight excluding hydrogens is 273 g/mol. The van der Waals surface area contributed by atoms with E-state index in [9.17, 15) is 9.90 Å². The van der Waals surface area contributed by atoms with Gasteiger partial charge in [-0.2, -0.15) is 0 Å². The normalized spacial score (nSPS) is 24.1. The first-order valence-corrected chi connectivity index (χ1v) is 6.67. The molecule has 1 heterocycles. The van der Waals surface area contributed by atoms with Gasteiger partial charge in [0.1, 0.15) is 0 Å². The first-order chi connectivity index (χ1) is 8.49. The van der Waals surface area contributed by atoms with Crippen molar-refractivity contribution in [2.45, 2.75) is 19.4 Å². The molecule has 18 heavy (non-hydrogen) atoms. The number of aliphatic hydroxyl groups excluding tert-OH is 1. The molecule has 1 amide bonds. The van der Waals surface area contributed by atoms with Crippen LogP contribution in [0.5, 0.6) is 0 Å². The van der Waals surface area contributed by atoms with Crippen molar-refractivity contribution in [3.8, 4) is 0 Å². The van der Waals surface area contributed by atoms with Crippen LogP contribution in [0.2, 0.25) is 10.0 Å². The molecule has 0 spiro atoms. The number of benzene rings is 1. The molecule has 2 unspecified atom stereocenters. The van der Waals surface area contributed by atoms with E-state index in [4.69, 9.17) is 23.2 Å². The van der Waals surface area contributed by atoms with E-state index in [1.807, 2.05) is 6.92 Å². The minimum absolute atomic E-state index is 0.112. The fraction of sp³-hybridized carbons (Fsp3) is 0.462. The van der Waals surface area contributed by atoms with Gasteiger partial charge in [-0.05, 0) is 30.5 Å². The van der Waals surface area contributed by atoms with Gasteiger partial charge < -0.3 is 10.0 Å². The average Bonchev–Trinajstić information content (AvgIpc) is 2.35. The lowest BCUT2D eigenvalue weighted by atomic mass is 9.95. The van der Waals surface area contributed by atoms with Crippen LogP contribution in [0.25, 0.3) is 0 Å². The van der Waals surface area contributed by atoms with Crippen molar-refractivity contribution >= 4 is 29.1 Å². The summed E-state index contributed by atoms with van der Waals surface area (Å²) in [4.78, 5) is 13.9. The Balaban J connectivity index is 2.14. The Bertz CT molecular complexity index is 464. The maximum atomic E-state index is 12.2. The molecule has 1 N–H and O–H groups in total. The van der Waals surface area contributed by atoms with Gasteiger partial charge in [0.2, 0.25) is 0 Å². The Labute approximate surface area is 116 Å². The minimum atomic E-state index is -0.453. The molecule has 1 aliphatic rings. The van der Waals surface area contributed by atoms with Crippen molar-refractivity contribution in [1.29, 1.82) is 0 Å². The highest BCUT2D eigenvalue weighted by Crippen LogP contribution is 2.24. The van der Waals surface area contributed by atoms with Gasteiger partial charge in [0.25, 0.3) is 5.91 Å². The first-order valence-electron chi connectivity index (χ1n) is 5.91. The van der Waals surface area contributed by atoms with E-state index in [0.29, 0.717) is 28.7 Å². The summed E-state index contributed by atoms with van der Waals surface area (Å²) in [6.07, 6.45) is 0.360. The molecular formula is C13H15Cl2NO2. The highest BCUT2D eigenvalue weighted by atomic mass is 35.5. The maximum Gasteiger partial charge on any atom is 0.253 e. The van der Waals surface area contributed by atoms with Gasteiger partial charge in [-0.3, -0.25) is 4.79 Å². The monoisotopic (exact) mass is 287 g/mol. The number of carbonyl (C=O) groups is 1. The van der Waals surface area contributed by atoms with Crippen molar-refractivity contribution in [1.82, 2.24) is 4.90 Å². The zero-order valence-corrected chi connectivity index (χ0v) is 11.6. The number of halogens is 2. The molecule has 1 fully saturated rings. The lowest BCUT2D eigenvalue weighted by Crippen LogP contribution is -2.45.